The molecular formula is C14H20BrNO4. The smallest absolute Gasteiger partial charge is 0.175 e. The van der Waals surface area contributed by atoms with Crippen molar-refractivity contribution in [2.24, 2.45) is 0 Å². The first kappa shape index (κ1) is 15.6. The summed E-state index contributed by atoms with van der Waals surface area (Å²) in [6, 6.07) is 4.04. The fourth-order valence-electron chi connectivity index (χ4n) is 1.93. The van der Waals surface area contributed by atoms with Gasteiger partial charge in [0.05, 0.1) is 37.5 Å². The third-order valence-corrected chi connectivity index (χ3v) is 3.44. The number of halogens is 1. The van der Waals surface area contributed by atoms with Gasteiger partial charge in [0, 0.05) is 19.5 Å². The zero-order valence-corrected chi connectivity index (χ0v) is 12.9. The first-order valence-corrected chi connectivity index (χ1v) is 7.58. The second-order valence-electron chi connectivity index (χ2n) is 4.47. The van der Waals surface area contributed by atoms with Crippen molar-refractivity contribution in [2.45, 2.75) is 13.0 Å². The number of nitrogens with one attached hydrogen (secondary N) is 1. The summed E-state index contributed by atoms with van der Waals surface area (Å²) in [7, 11) is 0. The largest absolute Gasteiger partial charge is 0.490 e. The highest BCUT2D eigenvalue weighted by molar-refractivity contribution is 9.10. The highest BCUT2D eigenvalue weighted by atomic mass is 79.9. The number of aliphatic hydroxyl groups is 1. The van der Waals surface area contributed by atoms with E-state index in [1.54, 1.807) is 0 Å². The van der Waals surface area contributed by atoms with Crippen LogP contribution in [0.25, 0.3) is 0 Å². The minimum absolute atomic E-state index is 0.0646. The Balaban J connectivity index is 1.86. The van der Waals surface area contributed by atoms with Crippen molar-refractivity contribution in [1.29, 1.82) is 0 Å². The topological polar surface area (TPSA) is 60.0 Å². The van der Waals surface area contributed by atoms with E-state index in [1.807, 2.05) is 12.1 Å². The second-order valence-corrected chi connectivity index (χ2v) is 5.32. The summed E-state index contributed by atoms with van der Waals surface area (Å²) < 4.78 is 17.5. The quantitative estimate of drug-likeness (QED) is 0.736. The van der Waals surface area contributed by atoms with Gasteiger partial charge in [-0.1, -0.05) is 0 Å². The van der Waals surface area contributed by atoms with Crippen molar-refractivity contribution in [3.8, 4) is 11.5 Å². The minimum atomic E-state index is 0.0646. The Labute approximate surface area is 127 Å². The van der Waals surface area contributed by atoms with Gasteiger partial charge < -0.3 is 24.6 Å². The van der Waals surface area contributed by atoms with Gasteiger partial charge in [-0.05, 0) is 33.6 Å². The lowest BCUT2D eigenvalue weighted by atomic mass is 10.2. The molecule has 1 heterocycles. The highest BCUT2D eigenvalue weighted by Gasteiger charge is 2.14. The molecule has 112 valence electrons. The van der Waals surface area contributed by atoms with E-state index in [-0.39, 0.29) is 6.61 Å². The monoisotopic (exact) mass is 345 g/mol. The number of aliphatic hydroxyl groups excluding tert-OH is 1. The van der Waals surface area contributed by atoms with Gasteiger partial charge in [0.15, 0.2) is 11.5 Å². The third kappa shape index (κ3) is 4.63. The molecule has 1 aromatic carbocycles. The number of ether oxygens (including phenoxy) is 3. The molecule has 1 aliphatic rings. The van der Waals surface area contributed by atoms with E-state index in [0.29, 0.717) is 26.4 Å². The lowest BCUT2D eigenvalue weighted by Gasteiger charge is -2.12. The zero-order chi connectivity index (χ0) is 14.2. The first-order chi connectivity index (χ1) is 9.81. The standard InChI is InChI=1S/C14H20BrNO4/c15-12-8-11(10-16-2-6-18-7-3-17)9-13-14(12)20-5-1-4-19-13/h8-9,16-17H,1-7,10H2. The van der Waals surface area contributed by atoms with Crippen LogP contribution in [0.1, 0.15) is 12.0 Å². The van der Waals surface area contributed by atoms with Gasteiger partial charge in [0.2, 0.25) is 0 Å². The molecule has 0 fully saturated rings. The maximum atomic E-state index is 8.59. The summed E-state index contributed by atoms with van der Waals surface area (Å²) in [5, 5.41) is 11.9. The van der Waals surface area contributed by atoms with Crippen molar-refractivity contribution in [2.75, 3.05) is 39.6 Å². The van der Waals surface area contributed by atoms with Crippen LogP contribution >= 0.6 is 15.9 Å². The molecule has 20 heavy (non-hydrogen) atoms. The highest BCUT2D eigenvalue weighted by Crippen LogP contribution is 2.38. The summed E-state index contributed by atoms with van der Waals surface area (Å²) in [6.45, 7) is 3.89. The number of rotatable bonds is 7. The average Bonchev–Trinajstić information content (AvgIpc) is 2.68. The van der Waals surface area contributed by atoms with Crippen LogP contribution in [0.3, 0.4) is 0 Å². The zero-order valence-electron chi connectivity index (χ0n) is 11.4. The molecule has 0 saturated carbocycles. The summed E-state index contributed by atoms with van der Waals surface area (Å²) >= 11 is 3.53. The summed E-state index contributed by atoms with van der Waals surface area (Å²) in [6.07, 6.45) is 0.900. The number of benzene rings is 1. The molecule has 6 heteroatoms. The molecule has 0 bridgehead atoms. The van der Waals surface area contributed by atoms with Gasteiger partial charge >= 0.3 is 0 Å². The van der Waals surface area contributed by atoms with Gasteiger partial charge in [0.1, 0.15) is 0 Å². The van der Waals surface area contributed by atoms with Gasteiger partial charge in [-0.15, -0.1) is 0 Å². The van der Waals surface area contributed by atoms with Crippen LogP contribution < -0.4 is 14.8 Å². The van der Waals surface area contributed by atoms with Gasteiger partial charge in [-0.3, -0.25) is 0 Å². The van der Waals surface area contributed by atoms with Crippen LogP contribution in [0.15, 0.2) is 16.6 Å². The Morgan fingerprint density at radius 3 is 2.95 bits per heavy atom. The SMILES string of the molecule is OCCOCCNCc1cc(Br)c2c(c1)OCCCO2. The molecule has 0 aliphatic carbocycles. The lowest BCUT2D eigenvalue weighted by molar-refractivity contribution is 0.0938. The minimum Gasteiger partial charge on any atom is -0.490 e. The number of fused-ring (bicyclic) bond motifs is 1. The second kappa shape index (κ2) is 8.46. The predicted octanol–water partition coefficient (Wildman–Crippen LogP) is 1.71. The van der Waals surface area contributed by atoms with Gasteiger partial charge in [0.25, 0.3) is 0 Å². The Bertz CT molecular complexity index is 428. The summed E-state index contributed by atoms with van der Waals surface area (Å²) in [5.41, 5.74) is 1.13. The molecule has 5 nitrogen and oxygen atoms in total. The van der Waals surface area contributed by atoms with Crippen molar-refractivity contribution < 1.29 is 19.3 Å². The molecule has 0 radical (unpaired) electrons. The Morgan fingerprint density at radius 2 is 2.10 bits per heavy atom. The van der Waals surface area contributed by atoms with E-state index < -0.39 is 0 Å². The molecule has 0 saturated heterocycles. The van der Waals surface area contributed by atoms with Crippen LogP contribution in [-0.2, 0) is 11.3 Å². The average molecular weight is 346 g/mol. The van der Waals surface area contributed by atoms with E-state index in [2.05, 4.69) is 21.2 Å². The van der Waals surface area contributed by atoms with Crippen molar-refractivity contribution in [3.63, 3.8) is 0 Å². The Hall–Kier alpha value is -0.820. The molecule has 0 unspecified atom stereocenters. The Morgan fingerprint density at radius 1 is 1.25 bits per heavy atom. The van der Waals surface area contributed by atoms with E-state index in [4.69, 9.17) is 19.3 Å². The number of hydrogen-bond acceptors (Lipinski definition) is 5. The molecule has 0 amide bonds. The van der Waals surface area contributed by atoms with Crippen LogP contribution in [0.4, 0.5) is 0 Å². The first-order valence-electron chi connectivity index (χ1n) is 6.78. The predicted molar refractivity (Wildman–Crippen MR) is 79.4 cm³/mol. The number of hydrogen-bond donors (Lipinski definition) is 2. The lowest BCUT2D eigenvalue weighted by Crippen LogP contribution is -2.20. The summed E-state index contributed by atoms with van der Waals surface area (Å²) in [5.74, 6) is 1.59. The van der Waals surface area contributed by atoms with Gasteiger partial charge in [-0.2, -0.15) is 0 Å². The molecule has 0 atom stereocenters. The maximum absolute atomic E-state index is 8.59. The van der Waals surface area contributed by atoms with Gasteiger partial charge in [-0.25, -0.2) is 0 Å². The van der Waals surface area contributed by atoms with E-state index in [1.165, 1.54) is 0 Å². The molecule has 1 aromatic rings. The van der Waals surface area contributed by atoms with Crippen LogP contribution in [-0.4, -0.2) is 44.7 Å². The molecule has 0 spiro atoms. The molecule has 0 aromatic heterocycles. The van der Waals surface area contributed by atoms with Crippen LogP contribution in [0, 0.1) is 0 Å². The van der Waals surface area contributed by atoms with E-state index in [9.17, 15) is 0 Å². The Kier molecular flexibility index (Phi) is 6.59. The van der Waals surface area contributed by atoms with Crippen molar-refractivity contribution in [3.05, 3.63) is 22.2 Å². The summed E-state index contributed by atoms with van der Waals surface area (Å²) in [4.78, 5) is 0. The van der Waals surface area contributed by atoms with Crippen molar-refractivity contribution >= 4 is 15.9 Å². The molecule has 2 rings (SSSR count). The fraction of sp³-hybridized carbons (Fsp3) is 0.571. The van der Waals surface area contributed by atoms with E-state index in [0.717, 1.165) is 41.0 Å². The normalized spacial score (nSPS) is 14.1. The molecule has 2 N–H and O–H groups in total. The fourth-order valence-corrected chi connectivity index (χ4v) is 2.53. The van der Waals surface area contributed by atoms with Crippen molar-refractivity contribution in [1.82, 2.24) is 5.32 Å². The molecule has 1 aliphatic heterocycles. The van der Waals surface area contributed by atoms with Crippen LogP contribution in [0.5, 0.6) is 11.5 Å². The van der Waals surface area contributed by atoms with Crippen LogP contribution in [0.2, 0.25) is 0 Å². The molecular weight excluding hydrogens is 326 g/mol. The van der Waals surface area contributed by atoms with E-state index >= 15 is 0 Å². The third-order valence-electron chi connectivity index (χ3n) is 2.85. The maximum Gasteiger partial charge on any atom is 0.175 e.